The molecule has 3 N–H and O–H groups in total. The topological polar surface area (TPSA) is 132 Å². The first kappa shape index (κ1) is 21.6. The summed E-state index contributed by atoms with van der Waals surface area (Å²) in [5.41, 5.74) is 8.64. The van der Waals surface area contributed by atoms with Gasteiger partial charge in [-0.2, -0.15) is 0 Å². The summed E-state index contributed by atoms with van der Waals surface area (Å²) in [6.45, 7) is 3.85. The third kappa shape index (κ3) is 4.33. The molecule has 0 radical (unpaired) electrons. The van der Waals surface area contributed by atoms with Gasteiger partial charge in [0.15, 0.2) is 11.6 Å². The van der Waals surface area contributed by atoms with E-state index in [0.717, 1.165) is 0 Å². The van der Waals surface area contributed by atoms with Crippen LogP contribution < -0.4 is 16.0 Å². The average molecular weight is 460 g/mol. The number of benzene rings is 1. The summed E-state index contributed by atoms with van der Waals surface area (Å²) in [5.74, 6) is 0.522. The molecule has 0 aliphatic carbocycles. The quantitative estimate of drug-likeness (QED) is 0.472. The lowest BCUT2D eigenvalue weighted by Crippen LogP contribution is -2.37. The number of ether oxygens (including phenoxy) is 1. The number of nitrogens with zero attached hydrogens (tertiary/aromatic N) is 6. The van der Waals surface area contributed by atoms with Gasteiger partial charge in [0.25, 0.3) is 0 Å². The lowest BCUT2D eigenvalue weighted by atomic mass is 10.1. The number of pyridine rings is 1. The molecule has 0 unspecified atom stereocenters. The van der Waals surface area contributed by atoms with E-state index in [0.29, 0.717) is 71.4 Å². The van der Waals surface area contributed by atoms with Crippen LogP contribution in [0.15, 0.2) is 42.9 Å². The number of amides is 1. The third-order valence-corrected chi connectivity index (χ3v) is 5.36. The Morgan fingerprint density at radius 3 is 2.53 bits per heavy atom. The highest BCUT2D eigenvalue weighted by atomic mass is 19.1. The minimum absolute atomic E-state index is 0.149. The van der Waals surface area contributed by atoms with Gasteiger partial charge in [0.1, 0.15) is 11.3 Å². The second-order valence-electron chi connectivity index (χ2n) is 7.77. The van der Waals surface area contributed by atoms with Gasteiger partial charge in [-0.05, 0) is 24.3 Å². The van der Waals surface area contributed by atoms with Gasteiger partial charge in [-0.3, -0.25) is 9.78 Å². The van der Waals surface area contributed by atoms with Crippen molar-refractivity contribution in [1.82, 2.24) is 24.9 Å². The number of hydrogen-bond acceptors (Lipinski definition) is 9. The number of nitrogens with one attached hydrogen (secondary N) is 1. The number of nitrogen functional groups attached to an aromatic ring is 1. The molecule has 11 heteroatoms. The van der Waals surface area contributed by atoms with Crippen LogP contribution in [0, 0.1) is 5.82 Å². The summed E-state index contributed by atoms with van der Waals surface area (Å²) < 4.78 is 20.2. The number of carbonyl (C=O) groups is 1. The SMILES string of the molecule is CC(=O)Nc1ccc(F)c(-c2cnc3c(N4CCOCC4)nc(-c4cnc(N)nc4)nc3c2)c1. The molecule has 3 aromatic heterocycles. The van der Waals surface area contributed by atoms with Crippen LogP contribution in [0.25, 0.3) is 33.5 Å². The molecule has 1 fully saturated rings. The van der Waals surface area contributed by atoms with Crippen LogP contribution >= 0.6 is 0 Å². The Bertz CT molecular complexity index is 1370. The number of fused-ring (bicyclic) bond motifs is 1. The second kappa shape index (κ2) is 8.94. The molecule has 0 saturated carbocycles. The fourth-order valence-electron chi connectivity index (χ4n) is 3.76. The summed E-state index contributed by atoms with van der Waals surface area (Å²) in [6.07, 6.45) is 4.69. The standard InChI is InChI=1S/C23H21FN8O2/c1-13(33)29-16-2-3-18(24)17(9-16)14-8-19-20(26-10-14)22(32-4-6-34-7-5-32)31-21(30-19)15-11-27-23(25)28-12-15/h2-3,8-12H,4-7H2,1H3,(H,29,33)(H2,25,27,28). The van der Waals surface area contributed by atoms with Crippen LogP contribution in [0.5, 0.6) is 0 Å². The highest BCUT2D eigenvalue weighted by Gasteiger charge is 2.20. The molecule has 5 rings (SSSR count). The van der Waals surface area contributed by atoms with Gasteiger partial charge in [0, 0.05) is 55.4 Å². The molecule has 0 spiro atoms. The third-order valence-electron chi connectivity index (χ3n) is 5.36. The van der Waals surface area contributed by atoms with Crippen molar-refractivity contribution in [3.05, 3.63) is 48.7 Å². The van der Waals surface area contributed by atoms with Gasteiger partial charge in [0.05, 0.1) is 24.3 Å². The summed E-state index contributed by atoms with van der Waals surface area (Å²) in [7, 11) is 0. The summed E-state index contributed by atoms with van der Waals surface area (Å²) in [4.78, 5) is 35.6. The first-order chi connectivity index (χ1) is 16.5. The first-order valence-electron chi connectivity index (χ1n) is 10.6. The van der Waals surface area contributed by atoms with Crippen molar-refractivity contribution in [1.29, 1.82) is 0 Å². The molecule has 172 valence electrons. The Hall–Kier alpha value is -4.25. The monoisotopic (exact) mass is 460 g/mol. The zero-order chi connectivity index (χ0) is 23.7. The highest BCUT2D eigenvalue weighted by molar-refractivity contribution is 5.92. The fourth-order valence-corrected chi connectivity index (χ4v) is 3.76. The molecule has 4 aromatic rings. The second-order valence-corrected chi connectivity index (χ2v) is 7.77. The molecule has 1 aliphatic rings. The Morgan fingerprint density at radius 2 is 1.79 bits per heavy atom. The molecule has 34 heavy (non-hydrogen) atoms. The van der Waals surface area contributed by atoms with Crippen molar-refractivity contribution in [3.63, 3.8) is 0 Å². The smallest absolute Gasteiger partial charge is 0.221 e. The van der Waals surface area contributed by atoms with E-state index in [-0.39, 0.29) is 11.9 Å². The predicted molar refractivity (Wildman–Crippen MR) is 126 cm³/mol. The van der Waals surface area contributed by atoms with E-state index in [9.17, 15) is 9.18 Å². The van der Waals surface area contributed by atoms with E-state index in [1.807, 2.05) is 0 Å². The maximum atomic E-state index is 14.7. The Morgan fingerprint density at radius 1 is 1.06 bits per heavy atom. The largest absolute Gasteiger partial charge is 0.378 e. The molecule has 0 bridgehead atoms. The van der Waals surface area contributed by atoms with Gasteiger partial charge in [-0.1, -0.05) is 0 Å². The van der Waals surface area contributed by atoms with Gasteiger partial charge in [-0.15, -0.1) is 0 Å². The number of hydrogen-bond donors (Lipinski definition) is 2. The molecule has 1 aliphatic heterocycles. The van der Waals surface area contributed by atoms with Crippen molar-refractivity contribution >= 4 is 34.4 Å². The van der Waals surface area contributed by atoms with Gasteiger partial charge in [0.2, 0.25) is 11.9 Å². The van der Waals surface area contributed by atoms with Crippen molar-refractivity contribution in [3.8, 4) is 22.5 Å². The molecule has 10 nitrogen and oxygen atoms in total. The minimum atomic E-state index is -0.440. The summed E-state index contributed by atoms with van der Waals surface area (Å²) in [5, 5.41) is 2.67. The zero-order valence-corrected chi connectivity index (χ0v) is 18.3. The van der Waals surface area contributed by atoms with Crippen LogP contribution in [0.3, 0.4) is 0 Å². The lowest BCUT2D eigenvalue weighted by Gasteiger charge is -2.28. The number of carbonyl (C=O) groups excluding carboxylic acids is 1. The Kier molecular flexibility index (Phi) is 5.68. The first-order valence-corrected chi connectivity index (χ1v) is 10.6. The van der Waals surface area contributed by atoms with E-state index in [4.69, 9.17) is 15.5 Å². The summed E-state index contributed by atoms with van der Waals surface area (Å²) in [6, 6.07) is 6.14. The highest BCUT2D eigenvalue weighted by Crippen LogP contribution is 2.31. The number of aromatic nitrogens is 5. The normalized spacial score (nSPS) is 13.8. The number of morpholine rings is 1. The van der Waals surface area contributed by atoms with Crippen molar-refractivity contribution in [2.45, 2.75) is 6.92 Å². The molecule has 1 saturated heterocycles. The van der Waals surface area contributed by atoms with E-state index < -0.39 is 5.82 Å². The van der Waals surface area contributed by atoms with E-state index in [2.05, 4.69) is 30.2 Å². The van der Waals surface area contributed by atoms with Crippen molar-refractivity contribution in [2.24, 2.45) is 0 Å². The van der Waals surface area contributed by atoms with Crippen LogP contribution in [0.1, 0.15) is 6.92 Å². The number of anilines is 3. The van der Waals surface area contributed by atoms with Crippen LogP contribution in [-0.4, -0.2) is 57.1 Å². The van der Waals surface area contributed by atoms with E-state index >= 15 is 0 Å². The van der Waals surface area contributed by atoms with Crippen molar-refractivity contribution < 1.29 is 13.9 Å². The number of nitrogens with two attached hydrogens (primary N) is 1. The number of halogens is 1. The Labute approximate surface area is 194 Å². The van der Waals surface area contributed by atoms with Crippen LogP contribution in [0.2, 0.25) is 0 Å². The maximum absolute atomic E-state index is 14.7. The molecule has 0 atom stereocenters. The Balaban J connectivity index is 1.66. The molecule has 1 aromatic carbocycles. The van der Waals surface area contributed by atoms with Crippen LogP contribution in [-0.2, 0) is 9.53 Å². The number of rotatable bonds is 4. The molecule has 1 amide bonds. The zero-order valence-electron chi connectivity index (χ0n) is 18.3. The summed E-state index contributed by atoms with van der Waals surface area (Å²) >= 11 is 0. The van der Waals surface area contributed by atoms with Crippen LogP contribution in [0.4, 0.5) is 21.8 Å². The van der Waals surface area contributed by atoms with Gasteiger partial charge in [-0.25, -0.2) is 24.3 Å². The molecular weight excluding hydrogens is 439 g/mol. The maximum Gasteiger partial charge on any atom is 0.221 e. The van der Waals surface area contributed by atoms with Gasteiger partial charge < -0.3 is 20.7 Å². The minimum Gasteiger partial charge on any atom is -0.378 e. The van der Waals surface area contributed by atoms with Gasteiger partial charge >= 0.3 is 0 Å². The average Bonchev–Trinajstić information content (AvgIpc) is 2.85. The van der Waals surface area contributed by atoms with Crippen molar-refractivity contribution in [2.75, 3.05) is 42.3 Å². The van der Waals surface area contributed by atoms with E-state index in [1.165, 1.54) is 19.1 Å². The predicted octanol–water partition coefficient (Wildman–Crippen LogP) is 2.67. The van der Waals surface area contributed by atoms with E-state index in [1.54, 1.807) is 30.7 Å². The fraction of sp³-hybridized carbons (Fsp3) is 0.217. The molecular formula is C23H21FN8O2. The lowest BCUT2D eigenvalue weighted by molar-refractivity contribution is -0.114. The molecule has 4 heterocycles.